The second kappa shape index (κ2) is 7.40. The van der Waals surface area contributed by atoms with Crippen molar-refractivity contribution in [2.24, 2.45) is 0 Å². The number of nitrogens with zero attached hydrogens (tertiary/aromatic N) is 2. The Labute approximate surface area is 147 Å². The summed E-state index contributed by atoms with van der Waals surface area (Å²) in [6.07, 6.45) is 0.514. The van der Waals surface area contributed by atoms with E-state index in [4.69, 9.17) is 9.15 Å². The minimum atomic E-state index is -0.340. The molecule has 1 aromatic heterocycles. The molecular formula is C18H15BrN2O3. The third-order valence-corrected chi connectivity index (χ3v) is 3.88. The van der Waals surface area contributed by atoms with E-state index < -0.39 is 0 Å². The Morgan fingerprint density at radius 1 is 1.08 bits per heavy atom. The van der Waals surface area contributed by atoms with Gasteiger partial charge in [-0.3, -0.25) is 4.79 Å². The van der Waals surface area contributed by atoms with Gasteiger partial charge in [0, 0.05) is 16.5 Å². The lowest BCUT2D eigenvalue weighted by Crippen LogP contribution is -2.09. The Morgan fingerprint density at radius 2 is 1.79 bits per heavy atom. The highest BCUT2D eigenvalue weighted by atomic mass is 79.9. The van der Waals surface area contributed by atoms with Gasteiger partial charge >= 0.3 is 5.97 Å². The third-order valence-electron chi connectivity index (χ3n) is 3.35. The topological polar surface area (TPSA) is 65.2 Å². The van der Waals surface area contributed by atoms with Crippen LogP contribution in [0, 0.1) is 6.92 Å². The third kappa shape index (κ3) is 4.29. The lowest BCUT2D eigenvalue weighted by molar-refractivity contribution is -0.134. The van der Waals surface area contributed by atoms with Gasteiger partial charge in [-0.1, -0.05) is 33.6 Å². The SMILES string of the molecule is Cc1ccc(-c2nnc(CCC(=O)Oc3ccc(Br)cc3)o2)cc1. The summed E-state index contributed by atoms with van der Waals surface area (Å²) in [4.78, 5) is 11.9. The maximum absolute atomic E-state index is 11.9. The second-order valence-corrected chi connectivity index (χ2v) is 6.21. The van der Waals surface area contributed by atoms with Gasteiger partial charge < -0.3 is 9.15 Å². The molecule has 5 nitrogen and oxygen atoms in total. The molecule has 3 aromatic rings. The van der Waals surface area contributed by atoms with E-state index in [1.54, 1.807) is 12.1 Å². The average Bonchev–Trinajstić information content (AvgIpc) is 3.05. The molecule has 0 N–H and O–H groups in total. The van der Waals surface area contributed by atoms with Crippen LogP contribution in [0.3, 0.4) is 0 Å². The summed E-state index contributed by atoms with van der Waals surface area (Å²) in [5, 5.41) is 7.99. The number of rotatable bonds is 5. The van der Waals surface area contributed by atoms with Crippen LogP contribution in [0.5, 0.6) is 5.75 Å². The Balaban J connectivity index is 1.56. The molecule has 0 aliphatic rings. The average molecular weight is 387 g/mol. The smallest absolute Gasteiger partial charge is 0.311 e. The number of hydrogen-bond acceptors (Lipinski definition) is 5. The first-order chi connectivity index (χ1) is 11.6. The monoisotopic (exact) mass is 386 g/mol. The zero-order valence-corrected chi connectivity index (χ0v) is 14.6. The van der Waals surface area contributed by atoms with Crippen molar-refractivity contribution in [1.29, 1.82) is 0 Å². The predicted octanol–water partition coefficient (Wildman–Crippen LogP) is 4.35. The van der Waals surface area contributed by atoms with Crippen LogP contribution in [-0.4, -0.2) is 16.2 Å². The minimum absolute atomic E-state index is 0.172. The second-order valence-electron chi connectivity index (χ2n) is 5.29. The molecule has 0 aliphatic heterocycles. The molecule has 0 atom stereocenters. The molecule has 3 rings (SSSR count). The van der Waals surface area contributed by atoms with E-state index in [1.165, 1.54) is 0 Å². The van der Waals surface area contributed by atoms with Crippen molar-refractivity contribution >= 4 is 21.9 Å². The lowest BCUT2D eigenvalue weighted by atomic mass is 10.1. The number of benzene rings is 2. The molecule has 0 amide bonds. The van der Waals surface area contributed by atoms with E-state index in [-0.39, 0.29) is 12.4 Å². The van der Waals surface area contributed by atoms with E-state index in [1.807, 2.05) is 43.3 Å². The maximum Gasteiger partial charge on any atom is 0.311 e. The van der Waals surface area contributed by atoms with Gasteiger partial charge in [0.15, 0.2) is 0 Å². The van der Waals surface area contributed by atoms with Crippen molar-refractivity contribution in [3.05, 3.63) is 64.5 Å². The highest BCUT2D eigenvalue weighted by Crippen LogP contribution is 2.19. The van der Waals surface area contributed by atoms with Crippen molar-refractivity contribution in [2.45, 2.75) is 19.8 Å². The standard InChI is InChI=1S/C18H15BrN2O3/c1-12-2-4-13(5-3-12)18-21-20-16(24-18)10-11-17(22)23-15-8-6-14(19)7-9-15/h2-9H,10-11H2,1H3. The zero-order chi connectivity index (χ0) is 16.9. The summed E-state index contributed by atoms with van der Waals surface area (Å²) < 4.78 is 11.8. The van der Waals surface area contributed by atoms with Gasteiger partial charge in [0.25, 0.3) is 0 Å². The number of aryl methyl sites for hydroxylation is 2. The summed E-state index contributed by atoms with van der Waals surface area (Å²) in [6, 6.07) is 14.9. The van der Waals surface area contributed by atoms with Crippen LogP contribution >= 0.6 is 15.9 Å². The van der Waals surface area contributed by atoms with Gasteiger partial charge in [-0.15, -0.1) is 10.2 Å². The molecule has 2 aromatic carbocycles. The van der Waals surface area contributed by atoms with Crippen LogP contribution in [0.4, 0.5) is 0 Å². The molecule has 0 bridgehead atoms. The zero-order valence-electron chi connectivity index (χ0n) is 13.0. The molecule has 0 unspecified atom stereocenters. The summed E-state index contributed by atoms with van der Waals surface area (Å²) >= 11 is 3.33. The fourth-order valence-electron chi connectivity index (χ4n) is 2.06. The molecule has 0 saturated carbocycles. The highest BCUT2D eigenvalue weighted by Gasteiger charge is 2.11. The molecule has 0 spiro atoms. The Morgan fingerprint density at radius 3 is 2.50 bits per heavy atom. The van der Waals surface area contributed by atoms with Gasteiger partial charge in [0.2, 0.25) is 11.8 Å². The summed E-state index contributed by atoms with van der Waals surface area (Å²) in [5.41, 5.74) is 2.02. The number of aromatic nitrogens is 2. The van der Waals surface area contributed by atoms with E-state index in [0.29, 0.717) is 24.0 Å². The quantitative estimate of drug-likeness (QED) is 0.481. The first-order valence-electron chi connectivity index (χ1n) is 7.46. The van der Waals surface area contributed by atoms with E-state index in [0.717, 1.165) is 15.6 Å². The Kier molecular flexibility index (Phi) is 5.05. The molecule has 0 radical (unpaired) electrons. The first-order valence-corrected chi connectivity index (χ1v) is 8.25. The molecule has 122 valence electrons. The van der Waals surface area contributed by atoms with E-state index >= 15 is 0 Å². The maximum atomic E-state index is 11.9. The summed E-state index contributed by atoms with van der Waals surface area (Å²) in [5.74, 6) is 1.03. The fourth-order valence-corrected chi connectivity index (χ4v) is 2.33. The van der Waals surface area contributed by atoms with Crippen LogP contribution in [0.2, 0.25) is 0 Å². The number of esters is 1. The number of carbonyl (C=O) groups is 1. The summed E-state index contributed by atoms with van der Waals surface area (Å²) in [7, 11) is 0. The first kappa shape index (κ1) is 16.4. The van der Waals surface area contributed by atoms with Crippen LogP contribution in [0.25, 0.3) is 11.5 Å². The van der Waals surface area contributed by atoms with Gasteiger partial charge in [-0.25, -0.2) is 0 Å². The van der Waals surface area contributed by atoms with Gasteiger partial charge in [0.05, 0.1) is 6.42 Å². The number of hydrogen-bond donors (Lipinski definition) is 0. The minimum Gasteiger partial charge on any atom is -0.427 e. The lowest BCUT2D eigenvalue weighted by Gasteiger charge is -2.03. The molecule has 6 heteroatoms. The number of carbonyl (C=O) groups excluding carboxylic acids is 1. The van der Waals surface area contributed by atoms with Crippen molar-refractivity contribution in [3.8, 4) is 17.2 Å². The molecule has 0 aliphatic carbocycles. The Bertz CT molecular complexity index is 826. The van der Waals surface area contributed by atoms with Crippen molar-refractivity contribution < 1.29 is 13.9 Å². The van der Waals surface area contributed by atoms with Gasteiger partial charge in [-0.2, -0.15) is 0 Å². The van der Waals surface area contributed by atoms with Crippen LogP contribution in [0.1, 0.15) is 17.9 Å². The van der Waals surface area contributed by atoms with E-state index in [2.05, 4.69) is 26.1 Å². The van der Waals surface area contributed by atoms with E-state index in [9.17, 15) is 4.79 Å². The molecular weight excluding hydrogens is 372 g/mol. The highest BCUT2D eigenvalue weighted by molar-refractivity contribution is 9.10. The van der Waals surface area contributed by atoms with Crippen molar-refractivity contribution in [2.75, 3.05) is 0 Å². The van der Waals surface area contributed by atoms with Gasteiger partial charge in [-0.05, 0) is 43.3 Å². The van der Waals surface area contributed by atoms with Crippen LogP contribution in [-0.2, 0) is 11.2 Å². The van der Waals surface area contributed by atoms with Crippen molar-refractivity contribution in [3.63, 3.8) is 0 Å². The number of halogens is 1. The Hall–Kier alpha value is -2.47. The summed E-state index contributed by atoms with van der Waals surface area (Å²) in [6.45, 7) is 2.01. The molecule has 0 saturated heterocycles. The molecule has 24 heavy (non-hydrogen) atoms. The predicted molar refractivity (Wildman–Crippen MR) is 92.6 cm³/mol. The van der Waals surface area contributed by atoms with Crippen LogP contribution in [0.15, 0.2) is 57.4 Å². The number of ether oxygens (including phenoxy) is 1. The molecule has 1 heterocycles. The van der Waals surface area contributed by atoms with Gasteiger partial charge in [0.1, 0.15) is 5.75 Å². The van der Waals surface area contributed by atoms with Crippen LogP contribution < -0.4 is 4.74 Å². The normalized spacial score (nSPS) is 10.6. The fraction of sp³-hybridized carbons (Fsp3) is 0.167. The molecule has 0 fully saturated rings. The van der Waals surface area contributed by atoms with Crippen molar-refractivity contribution in [1.82, 2.24) is 10.2 Å². The largest absolute Gasteiger partial charge is 0.427 e.